The van der Waals surface area contributed by atoms with Crippen molar-refractivity contribution in [2.45, 2.75) is 51.9 Å². The Kier molecular flexibility index (Phi) is 9.14. The van der Waals surface area contributed by atoms with Crippen molar-refractivity contribution >= 4 is 44.6 Å². The zero-order valence-electron chi connectivity index (χ0n) is 23.2. The van der Waals surface area contributed by atoms with E-state index < -0.39 is 0 Å². The molecule has 4 aromatic rings. The molecule has 1 heterocycles. The third kappa shape index (κ3) is 6.68. The van der Waals surface area contributed by atoms with Crippen LogP contribution in [-0.4, -0.2) is 35.0 Å². The molecule has 3 aromatic carbocycles. The Labute approximate surface area is 247 Å². The van der Waals surface area contributed by atoms with Gasteiger partial charge in [0.2, 0.25) is 0 Å². The molecule has 1 aliphatic carbocycles. The molecule has 0 spiro atoms. The summed E-state index contributed by atoms with van der Waals surface area (Å²) >= 11 is 3.60. The van der Waals surface area contributed by atoms with Crippen LogP contribution in [0.25, 0.3) is 10.9 Å². The average Bonchev–Trinajstić information content (AvgIpc) is 2.99. The number of para-hydroxylation sites is 2. The number of aryl methyl sites for hydroxylation is 1. The molecule has 1 N–H and O–H groups in total. The lowest BCUT2D eigenvalue weighted by Crippen LogP contribution is -2.25. The number of rotatable bonds is 9. The topological polar surface area (TPSA) is 94.8 Å². The summed E-state index contributed by atoms with van der Waals surface area (Å²) in [7, 11) is 0. The lowest BCUT2D eigenvalue weighted by Gasteiger charge is -2.22. The summed E-state index contributed by atoms with van der Waals surface area (Å²) in [6, 6.07) is 18.5. The largest absolute Gasteiger partial charge is 0.490 e. The first-order valence-corrected chi connectivity index (χ1v) is 14.7. The van der Waals surface area contributed by atoms with Crippen molar-refractivity contribution in [2.75, 3.05) is 18.5 Å². The number of anilines is 1. The molecule has 0 unspecified atom stereocenters. The molecular formula is C32H33BrN4O4. The van der Waals surface area contributed by atoms with Gasteiger partial charge in [-0.2, -0.15) is 9.78 Å². The van der Waals surface area contributed by atoms with Crippen molar-refractivity contribution in [1.82, 2.24) is 9.66 Å². The molecule has 1 saturated carbocycles. The summed E-state index contributed by atoms with van der Waals surface area (Å²) in [4.78, 5) is 31.0. The lowest BCUT2D eigenvalue weighted by atomic mass is 9.88. The van der Waals surface area contributed by atoms with Gasteiger partial charge in [0.25, 0.3) is 11.5 Å². The van der Waals surface area contributed by atoms with Gasteiger partial charge in [0, 0.05) is 21.6 Å². The maximum atomic E-state index is 13.5. The Morgan fingerprint density at radius 3 is 2.59 bits per heavy atom. The second-order valence-corrected chi connectivity index (χ2v) is 10.9. The molecular weight excluding hydrogens is 584 g/mol. The molecule has 1 aromatic heterocycles. The number of hydrogen-bond acceptors (Lipinski definition) is 6. The molecule has 212 valence electrons. The fourth-order valence-electron chi connectivity index (χ4n) is 5.07. The number of amides is 1. The van der Waals surface area contributed by atoms with Crippen LogP contribution in [0.5, 0.6) is 11.5 Å². The van der Waals surface area contributed by atoms with E-state index in [0.29, 0.717) is 44.9 Å². The SMILES string of the molecule is CCOc1cc(C=Nn2c(C3CCCCC3)nc3ccccc3c2=O)c(Br)cc1OCC(=O)Nc1ccccc1C. The Morgan fingerprint density at radius 1 is 1.07 bits per heavy atom. The highest BCUT2D eigenvalue weighted by atomic mass is 79.9. The average molecular weight is 618 g/mol. The number of aromatic nitrogens is 2. The summed E-state index contributed by atoms with van der Waals surface area (Å²) in [6.45, 7) is 4.03. The number of fused-ring (bicyclic) bond motifs is 1. The quantitative estimate of drug-likeness (QED) is 0.208. The number of halogens is 1. The molecule has 5 rings (SSSR count). The van der Waals surface area contributed by atoms with Crippen LogP contribution in [0.15, 0.2) is 75.0 Å². The van der Waals surface area contributed by atoms with E-state index in [-0.39, 0.29) is 24.0 Å². The van der Waals surface area contributed by atoms with Gasteiger partial charge in [-0.1, -0.05) is 49.6 Å². The number of nitrogens with one attached hydrogen (secondary N) is 1. The van der Waals surface area contributed by atoms with Gasteiger partial charge in [-0.3, -0.25) is 9.59 Å². The fourth-order valence-corrected chi connectivity index (χ4v) is 5.50. The number of benzene rings is 3. The predicted molar refractivity (Wildman–Crippen MR) is 165 cm³/mol. The molecule has 1 fully saturated rings. The van der Waals surface area contributed by atoms with E-state index in [1.54, 1.807) is 24.4 Å². The van der Waals surface area contributed by atoms with E-state index in [2.05, 4.69) is 26.3 Å². The minimum absolute atomic E-state index is 0.183. The van der Waals surface area contributed by atoms with Crippen molar-refractivity contribution in [3.05, 3.63) is 92.4 Å². The first kappa shape index (κ1) is 28.5. The van der Waals surface area contributed by atoms with E-state index in [9.17, 15) is 9.59 Å². The summed E-state index contributed by atoms with van der Waals surface area (Å²) in [5.41, 5.74) is 2.91. The first-order chi connectivity index (χ1) is 19.9. The van der Waals surface area contributed by atoms with Gasteiger partial charge in [0.05, 0.1) is 23.7 Å². The van der Waals surface area contributed by atoms with Gasteiger partial charge in [-0.15, -0.1) is 0 Å². The first-order valence-electron chi connectivity index (χ1n) is 13.9. The number of hydrogen-bond donors (Lipinski definition) is 1. The van der Waals surface area contributed by atoms with Gasteiger partial charge >= 0.3 is 0 Å². The minimum atomic E-state index is -0.276. The van der Waals surface area contributed by atoms with E-state index >= 15 is 0 Å². The maximum Gasteiger partial charge on any atom is 0.282 e. The highest BCUT2D eigenvalue weighted by Crippen LogP contribution is 2.34. The standard InChI is InChI=1S/C32H33BrN4O4/c1-3-40-28-17-23(25(33)18-29(28)41-20-30(38)35-26-15-9-7-11-21(26)2)19-34-37-31(22-12-5-4-6-13-22)36-27-16-10-8-14-24(27)32(37)39/h7-11,14-19,22H,3-6,12-13,20H2,1-2H3,(H,35,38). The summed E-state index contributed by atoms with van der Waals surface area (Å²) in [6.07, 6.45) is 7.04. The van der Waals surface area contributed by atoms with E-state index in [1.165, 1.54) is 11.1 Å². The van der Waals surface area contributed by atoms with Gasteiger partial charge in [0.15, 0.2) is 18.1 Å². The second kappa shape index (κ2) is 13.1. The smallest absolute Gasteiger partial charge is 0.282 e. The number of nitrogens with zero attached hydrogens (tertiary/aromatic N) is 3. The second-order valence-electron chi connectivity index (χ2n) is 10.1. The lowest BCUT2D eigenvalue weighted by molar-refractivity contribution is -0.118. The molecule has 0 atom stereocenters. The van der Waals surface area contributed by atoms with E-state index in [1.807, 2.05) is 56.3 Å². The maximum absolute atomic E-state index is 13.5. The van der Waals surface area contributed by atoms with Crippen LogP contribution in [0.2, 0.25) is 0 Å². The summed E-state index contributed by atoms with van der Waals surface area (Å²) in [5, 5.41) is 8.05. The molecule has 0 bridgehead atoms. The molecule has 1 aliphatic rings. The Balaban J connectivity index is 1.42. The summed E-state index contributed by atoms with van der Waals surface area (Å²) < 4.78 is 13.8. The van der Waals surface area contributed by atoms with Crippen LogP contribution in [0.4, 0.5) is 5.69 Å². The van der Waals surface area contributed by atoms with Crippen molar-refractivity contribution in [3.63, 3.8) is 0 Å². The monoisotopic (exact) mass is 616 g/mol. The van der Waals surface area contributed by atoms with Crippen molar-refractivity contribution in [3.8, 4) is 11.5 Å². The van der Waals surface area contributed by atoms with Gasteiger partial charge in [-0.05, 0) is 78.5 Å². The zero-order chi connectivity index (χ0) is 28.8. The van der Waals surface area contributed by atoms with Crippen LogP contribution in [0, 0.1) is 6.92 Å². The third-order valence-corrected chi connectivity index (χ3v) is 7.89. The zero-order valence-corrected chi connectivity index (χ0v) is 24.8. The van der Waals surface area contributed by atoms with Gasteiger partial charge in [0.1, 0.15) is 5.82 Å². The Morgan fingerprint density at radius 2 is 1.80 bits per heavy atom. The predicted octanol–water partition coefficient (Wildman–Crippen LogP) is 6.81. The van der Waals surface area contributed by atoms with Gasteiger partial charge in [-0.25, -0.2) is 4.98 Å². The Bertz CT molecular complexity index is 1640. The van der Waals surface area contributed by atoms with Crippen LogP contribution in [-0.2, 0) is 4.79 Å². The number of ether oxygens (including phenoxy) is 2. The number of carbonyl (C=O) groups excluding carboxylic acids is 1. The van der Waals surface area contributed by atoms with Crippen LogP contribution < -0.4 is 20.3 Å². The molecule has 1 amide bonds. The fraction of sp³-hybridized carbons (Fsp3) is 0.312. The molecule has 0 radical (unpaired) electrons. The van der Waals surface area contributed by atoms with Crippen molar-refractivity contribution < 1.29 is 14.3 Å². The molecule has 0 aliphatic heterocycles. The highest BCUT2D eigenvalue weighted by Gasteiger charge is 2.22. The highest BCUT2D eigenvalue weighted by molar-refractivity contribution is 9.10. The van der Waals surface area contributed by atoms with Crippen LogP contribution in [0.3, 0.4) is 0 Å². The van der Waals surface area contributed by atoms with Crippen LogP contribution >= 0.6 is 15.9 Å². The van der Waals surface area contributed by atoms with Crippen molar-refractivity contribution in [2.24, 2.45) is 5.10 Å². The third-order valence-electron chi connectivity index (χ3n) is 7.20. The minimum Gasteiger partial charge on any atom is -0.490 e. The molecule has 0 saturated heterocycles. The van der Waals surface area contributed by atoms with E-state index in [0.717, 1.165) is 36.9 Å². The molecule has 9 heteroatoms. The summed E-state index contributed by atoms with van der Waals surface area (Å²) in [5.74, 6) is 1.50. The Hall–Kier alpha value is -3.98. The van der Waals surface area contributed by atoms with Crippen LogP contribution in [0.1, 0.15) is 61.9 Å². The number of carbonyl (C=O) groups is 1. The van der Waals surface area contributed by atoms with E-state index in [4.69, 9.17) is 14.5 Å². The molecule has 41 heavy (non-hydrogen) atoms. The molecule has 8 nitrogen and oxygen atoms in total. The van der Waals surface area contributed by atoms with Gasteiger partial charge < -0.3 is 14.8 Å². The van der Waals surface area contributed by atoms with Crippen molar-refractivity contribution in [1.29, 1.82) is 0 Å². The normalized spacial score (nSPS) is 13.9.